The fourth-order valence-electron chi connectivity index (χ4n) is 10.7. The van der Waals surface area contributed by atoms with Crippen molar-refractivity contribution in [1.29, 1.82) is 0 Å². The van der Waals surface area contributed by atoms with Crippen LogP contribution < -0.4 is 4.90 Å². The van der Waals surface area contributed by atoms with Crippen molar-refractivity contribution in [2.45, 2.75) is 5.41 Å². The van der Waals surface area contributed by atoms with Crippen molar-refractivity contribution in [3.05, 3.63) is 253 Å². The predicted molar refractivity (Wildman–Crippen MR) is 258 cm³/mol. The van der Waals surface area contributed by atoms with Gasteiger partial charge in [0.05, 0.1) is 22.1 Å². The summed E-state index contributed by atoms with van der Waals surface area (Å²) in [6.07, 6.45) is 0. The van der Waals surface area contributed by atoms with Crippen molar-refractivity contribution in [3.8, 4) is 16.8 Å². The monoisotopic (exact) mass is 790 g/mol. The molecule has 290 valence electrons. The van der Waals surface area contributed by atoms with E-state index in [1.54, 1.807) is 0 Å². The number of para-hydroxylation sites is 2. The van der Waals surface area contributed by atoms with E-state index in [1.165, 1.54) is 60.6 Å². The molecule has 1 aliphatic rings. The number of rotatable bonds is 6. The van der Waals surface area contributed by atoms with Gasteiger partial charge in [-0.3, -0.25) is 0 Å². The zero-order chi connectivity index (χ0) is 40.8. The summed E-state index contributed by atoms with van der Waals surface area (Å²) in [6.45, 7) is 0. The fourth-order valence-corrected chi connectivity index (χ4v) is 10.7. The second-order valence-electron chi connectivity index (χ2n) is 16.4. The maximum atomic E-state index is 6.66. The fraction of sp³-hybridized carbons (Fsp3) is 0.0169. The van der Waals surface area contributed by atoms with Crippen molar-refractivity contribution >= 4 is 71.6 Å². The van der Waals surface area contributed by atoms with Crippen molar-refractivity contribution in [2.75, 3.05) is 4.90 Å². The van der Waals surface area contributed by atoms with Gasteiger partial charge in [-0.05, 0) is 99.9 Å². The lowest BCUT2D eigenvalue weighted by atomic mass is 9.68. The minimum absolute atomic E-state index is 0.526. The number of nitrogens with zero attached hydrogens (tertiary/aromatic N) is 2. The van der Waals surface area contributed by atoms with E-state index in [2.05, 4.69) is 240 Å². The van der Waals surface area contributed by atoms with E-state index in [9.17, 15) is 0 Å². The summed E-state index contributed by atoms with van der Waals surface area (Å²) in [4.78, 5) is 2.46. The largest absolute Gasteiger partial charge is 0.455 e. The third kappa shape index (κ3) is 4.88. The number of hydrogen-bond acceptors (Lipinski definition) is 2. The van der Waals surface area contributed by atoms with Crippen LogP contribution in [0.1, 0.15) is 22.3 Å². The predicted octanol–water partition coefficient (Wildman–Crippen LogP) is 15.7. The highest BCUT2D eigenvalue weighted by Crippen LogP contribution is 2.59. The highest BCUT2D eigenvalue weighted by Gasteiger charge is 2.47. The summed E-state index contributed by atoms with van der Waals surface area (Å²) in [5, 5.41) is 6.99. The van der Waals surface area contributed by atoms with E-state index in [1.807, 2.05) is 0 Å². The Morgan fingerprint density at radius 2 is 1.00 bits per heavy atom. The molecule has 3 nitrogen and oxygen atoms in total. The lowest BCUT2D eigenvalue weighted by Crippen LogP contribution is -2.28. The maximum Gasteiger partial charge on any atom is 0.143 e. The third-order valence-corrected chi connectivity index (χ3v) is 13.3. The van der Waals surface area contributed by atoms with Gasteiger partial charge in [0.25, 0.3) is 0 Å². The summed E-state index contributed by atoms with van der Waals surface area (Å²) in [5.41, 5.74) is 15.5. The van der Waals surface area contributed by atoms with Gasteiger partial charge in [-0.15, -0.1) is 0 Å². The normalized spacial score (nSPS) is 13.0. The summed E-state index contributed by atoms with van der Waals surface area (Å²) < 4.78 is 9.05. The zero-order valence-electron chi connectivity index (χ0n) is 33.7. The minimum atomic E-state index is -0.526. The van der Waals surface area contributed by atoms with E-state index in [4.69, 9.17) is 4.42 Å². The maximum absolute atomic E-state index is 6.66. The summed E-state index contributed by atoms with van der Waals surface area (Å²) >= 11 is 0. The molecule has 3 heteroatoms. The third-order valence-electron chi connectivity index (χ3n) is 13.3. The average molecular weight is 791 g/mol. The first-order valence-electron chi connectivity index (χ1n) is 21.3. The Balaban J connectivity index is 1.08. The van der Waals surface area contributed by atoms with Gasteiger partial charge in [-0.1, -0.05) is 164 Å². The van der Waals surface area contributed by atoms with Crippen LogP contribution in [0.25, 0.3) is 71.3 Å². The first-order valence-corrected chi connectivity index (χ1v) is 21.3. The molecule has 1 aliphatic carbocycles. The first kappa shape index (κ1) is 34.7. The highest BCUT2D eigenvalue weighted by atomic mass is 16.3. The van der Waals surface area contributed by atoms with Gasteiger partial charge in [0.1, 0.15) is 11.2 Å². The molecule has 0 N–H and O–H groups in total. The highest BCUT2D eigenvalue weighted by molar-refractivity contribution is 6.16. The van der Waals surface area contributed by atoms with Crippen molar-refractivity contribution in [3.63, 3.8) is 0 Å². The number of anilines is 3. The van der Waals surface area contributed by atoms with Crippen molar-refractivity contribution in [2.24, 2.45) is 0 Å². The van der Waals surface area contributed by atoms with Crippen LogP contribution in [0.3, 0.4) is 0 Å². The number of benzene rings is 10. The summed E-state index contributed by atoms with van der Waals surface area (Å²) in [6, 6.07) is 84.1. The van der Waals surface area contributed by atoms with Gasteiger partial charge in [0.2, 0.25) is 0 Å². The molecule has 12 aromatic rings. The first-order chi connectivity index (χ1) is 30.8. The second-order valence-corrected chi connectivity index (χ2v) is 16.4. The van der Waals surface area contributed by atoms with Gasteiger partial charge in [0, 0.05) is 49.6 Å². The Hall–Kier alpha value is -8.14. The summed E-state index contributed by atoms with van der Waals surface area (Å²) in [7, 11) is 0. The Labute approximate surface area is 359 Å². The molecule has 0 saturated heterocycles. The molecular formula is C59H38N2O. The smallest absolute Gasteiger partial charge is 0.143 e. The van der Waals surface area contributed by atoms with Gasteiger partial charge in [-0.25, -0.2) is 0 Å². The van der Waals surface area contributed by atoms with Crippen LogP contribution in [-0.4, -0.2) is 4.57 Å². The molecule has 0 fully saturated rings. The molecule has 0 bridgehead atoms. The molecule has 2 heterocycles. The molecule has 0 amide bonds. The van der Waals surface area contributed by atoms with E-state index in [-0.39, 0.29) is 0 Å². The van der Waals surface area contributed by atoms with Crippen LogP contribution in [0.4, 0.5) is 17.1 Å². The summed E-state index contributed by atoms with van der Waals surface area (Å²) in [5.74, 6) is 0. The molecule has 62 heavy (non-hydrogen) atoms. The van der Waals surface area contributed by atoms with Crippen LogP contribution in [0, 0.1) is 0 Å². The molecule has 10 aromatic carbocycles. The number of furan rings is 1. The zero-order valence-corrected chi connectivity index (χ0v) is 33.7. The SMILES string of the molecule is c1ccc(C2(c3ccccc3)c3ccccc3-c3c(N(c4ccc(-n5c6ccccc6c6ccccc65)cc4)c4ccc5oc6c7ccccc7ccc6c5c4)cccc32)cc1. The average Bonchev–Trinajstić information content (AvgIpc) is 3.99. The lowest BCUT2D eigenvalue weighted by Gasteiger charge is -2.34. The Bertz CT molecular complexity index is 3600. The van der Waals surface area contributed by atoms with Crippen molar-refractivity contribution in [1.82, 2.24) is 4.57 Å². The van der Waals surface area contributed by atoms with Gasteiger partial charge < -0.3 is 13.9 Å². The second kappa shape index (κ2) is 13.4. The molecule has 0 unspecified atom stereocenters. The van der Waals surface area contributed by atoms with Crippen LogP contribution in [0.5, 0.6) is 0 Å². The van der Waals surface area contributed by atoms with E-state index < -0.39 is 5.41 Å². The minimum Gasteiger partial charge on any atom is -0.455 e. The Morgan fingerprint density at radius 1 is 0.403 bits per heavy atom. The molecule has 0 radical (unpaired) electrons. The van der Waals surface area contributed by atoms with Crippen LogP contribution in [0.15, 0.2) is 235 Å². The molecule has 0 saturated carbocycles. The topological polar surface area (TPSA) is 21.3 Å². The number of hydrogen-bond donors (Lipinski definition) is 0. The van der Waals surface area contributed by atoms with Crippen molar-refractivity contribution < 1.29 is 4.42 Å². The molecule has 2 aromatic heterocycles. The number of aromatic nitrogens is 1. The molecule has 13 rings (SSSR count). The van der Waals surface area contributed by atoms with Gasteiger partial charge in [0.15, 0.2) is 0 Å². The molecular weight excluding hydrogens is 753 g/mol. The van der Waals surface area contributed by atoms with Crippen LogP contribution in [-0.2, 0) is 5.41 Å². The van der Waals surface area contributed by atoms with E-state index in [0.29, 0.717) is 0 Å². The lowest BCUT2D eigenvalue weighted by molar-refractivity contribution is 0.672. The van der Waals surface area contributed by atoms with Crippen LogP contribution in [0.2, 0.25) is 0 Å². The van der Waals surface area contributed by atoms with E-state index >= 15 is 0 Å². The standard InChI is InChI=1S/C59H38N2O/c1-3-17-40(18-4-1)59(41-19-5-2-6-20-41)51-25-12-9-24-49(51)57-52(59)26-15-29-55(57)60(44-35-37-56-50(38-44)48-36-30-39-16-7-8-21-45(39)58(48)62-56)42-31-33-43(34-32-42)61-53-27-13-10-22-46(53)47-23-11-14-28-54(47)61/h1-38H. The molecule has 0 spiro atoms. The van der Waals surface area contributed by atoms with E-state index in [0.717, 1.165) is 50.1 Å². The van der Waals surface area contributed by atoms with Gasteiger partial charge in [-0.2, -0.15) is 0 Å². The quantitative estimate of drug-likeness (QED) is 0.167. The van der Waals surface area contributed by atoms with Gasteiger partial charge >= 0.3 is 0 Å². The Morgan fingerprint density at radius 3 is 1.73 bits per heavy atom. The Kier molecular flexibility index (Phi) is 7.52. The molecule has 0 atom stereocenters. The number of fused-ring (bicyclic) bond motifs is 11. The molecule has 0 aliphatic heterocycles. The van der Waals surface area contributed by atoms with Crippen LogP contribution >= 0.6 is 0 Å².